The highest BCUT2D eigenvalue weighted by Crippen LogP contribution is 2.32. The zero-order valence-corrected chi connectivity index (χ0v) is 16.9. The van der Waals surface area contributed by atoms with E-state index < -0.39 is 0 Å². The third kappa shape index (κ3) is 5.44. The lowest BCUT2D eigenvalue weighted by Crippen LogP contribution is -2.05. The Morgan fingerprint density at radius 2 is 1.41 bits per heavy atom. The number of halogens is 2. The van der Waals surface area contributed by atoms with Gasteiger partial charge < -0.3 is 5.32 Å². The Morgan fingerprint density at radius 3 is 2.04 bits per heavy atom. The van der Waals surface area contributed by atoms with Crippen LogP contribution in [0, 0.1) is 0 Å². The van der Waals surface area contributed by atoms with Crippen LogP contribution in [0.5, 0.6) is 0 Å². The van der Waals surface area contributed by atoms with E-state index in [-0.39, 0.29) is 0 Å². The molecule has 0 spiro atoms. The SMILES string of the molecule is CCCCCCNc1cc(-c2ccc(Cl)cc2)c(-c2ccc(Cl)cc2)nn1. The monoisotopic (exact) mass is 399 g/mol. The van der Waals surface area contributed by atoms with Crippen LogP contribution in [0.1, 0.15) is 32.6 Å². The molecule has 0 fully saturated rings. The van der Waals surface area contributed by atoms with Crippen LogP contribution in [0.3, 0.4) is 0 Å². The van der Waals surface area contributed by atoms with Gasteiger partial charge in [0.05, 0.1) is 0 Å². The molecule has 0 amide bonds. The lowest BCUT2D eigenvalue weighted by Gasteiger charge is -2.12. The molecular weight excluding hydrogens is 377 g/mol. The van der Waals surface area contributed by atoms with Gasteiger partial charge in [-0.25, -0.2) is 0 Å². The van der Waals surface area contributed by atoms with Crippen molar-refractivity contribution in [3.63, 3.8) is 0 Å². The Bertz CT molecular complexity index is 862. The van der Waals surface area contributed by atoms with E-state index in [0.717, 1.165) is 41.2 Å². The Labute approximate surface area is 170 Å². The van der Waals surface area contributed by atoms with Gasteiger partial charge in [0.15, 0.2) is 0 Å². The van der Waals surface area contributed by atoms with Gasteiger partial charge in [0, 0.05) is 27.7 Å². The molecule has 140 valence electrons. The fraction of sp³-hybridized carbons (Fsp3) is 0.273. The van der Waals surface area contributed by atoms with E-state index in [1.165, 1.54) is 19.3 Å². The number of benzene rings is 2. The second kappa shape index (κ2) is 9.72. The maximum atomic E-state index is 6.06. The maximum Gasteiger partial charge on any atom is 0.149 e. The first kappa shape index (κ1) is 19.7. The fourth-order valence-corrected chi connectivity index (χ4v) is 3.17. The highest BCUT2D eigenvalue weighted by Gasteiger charge is 2.12. The molecule has 0 atom stereocenters. The Hall–Kier alpha value is -2.10. The van der Waals surface area contributed by atoms with Crippen molar-refractivity contribution in [2.24, 2.45) is 0 Å². The summed E-state index contributed by atoms with van der Waals surface area (Å²) < 4.78 is 0. The van der Waals surface area contributed by atoms with Crippen LogP contribution in [-0.4, -0.2) is 16.7 Å². The molecule has 0 saturated heterocycles. The van der Waals surface area contributed by atoms with Gasteiger partial charge in [-0.3, -0.25) is 0 Å². The molecule has 0 unspecified atom stereocenters. The van der Waals surface area contributed by atoms with Gasteiger partial charge in [-0.2, -0.15) is 0 Å². The molecule has 0 aliphatic carbocycles. The number of hydrogen-bond donors (Lipinski definition) is 1. The van der Waals surface area contributed by atoms with Crippen LogP contribution < -0.4 is 5.32 Å². The van der Waals surface area contributed by atoms with E-state index in [2.05, 4.69) is 28.5 Å². The predicted octanol–water partition coefficient (Wildman–Crippen LogP) is 7.11. The summed E-state index contributed by atoms with van der Waals surface area (Å²) in [5.41, 5.74) is 3.87. The minimum Gasteiger partial charge on any atom is -0.369 e. The number of nitrogens with zero attached hydrogens (tertiary/aromatic N) is 2. The van der Waals surface area contributed by atoms with Gasteiger partial charge in [0.25, 0.3) is 0 Å². The van der Waals surface area contributed by atoms with E-state index in [9.17, 15) is 0 Å². The average Bonchev–Trinajstić information content (AvgIpc) is 2.69. The number of hydrogen-bond acceptors (Lipinski definition) is 3. The summed E-state index contributed by atoms with van der Waals surface area (Å²) in [6.07, 6.45) is 4.85. The maximum absolute atomic E-state index is 6.06. The molecule has 27 heavy (non-hydrogen) atoms. The Balaban J connectivity index is 1.90. The molecule has 1 heterocycles. The van der Waals surface area contributed by atoms with E-state index in [1.54, 1.807) is 0 Å². The second-order valence-electron chi connectivity index (χ2n) is 6.49. The molecule has 3 aromatic rings. The van der Waals surface area contributed by atoms with Crippen LogP contribution in [0.25, 0.3) is 22.4 Å². The standard InChI is InChI=1S/C22H23Cl2N3/c1-2-3-4-5-14-25-21-15-20(16-6-10-18(23)11-7-16)22(27-26-21)17-8-12-19(24)13-9-17/h6-13,15H,2-5,14H2,1H3,(H,25,26). The summed E-state index contributed by atoms with van der Waals surface area (Å²) in [5, 5.41) is 13.7. The van der Waals surface area contributed by atoms with E-state index in [4.69, 9.17) is 23.2 Å². The zero-order chi connectivity index (χ0) is 19.1. The molecule has 1 N–H and O–H groups in total. The molecule has 5 heteroatoms. The molecule has 0 bridgehead atoms. The number of anilines is 1. The highest BCUT2D eigenvalue weighted by molar-refractivity contribution is 6.31. The first-order valence-corrected chi connectivity index (χ1v) is 10.1. The molecule has 0 aliphatic rings. The lowest BCUT2D eigenvalue weighted by atomic mass is 10.00. The summed E-state index contributed by atoms with van der Waals surface area (Å²) in [4.78, 5) is 0. The number of rotatable bonds is 8. The van der Waals surface area contributed by atoms with Crippen molar-refractivity contribution < 1.29 is 0 Å². The first-order chi connectivity index (χ1) is 13.2. The molecule has 0 saturated carbocycles. The third-order valence-electron chi connectivity index (χ3n) is 4.40. The third-order valence-corrected chi connectivity index (χ3v) is 4.91. The first-order valence-electron chi connectivity index (χ1n) is 9.31. The second-order valence-corrected chi connectivity index (χ2v) is 7.37. The van der Waals surface area contributed by atoms with Gasteiger partial charge in [-0.05, 0) is 42.3 Å². The summed E-state index contributed by atoms with van der Waals surface area (Å²) in [7, 11) is 0. The van der Waals surface area contributed by atoms with Gasteiger partial charge in [0.1, 0.15) is 11.5 Å². The van der Waals surface area contributed by atoms with Crippen molar-refractivity contribution in [2.75, 3.05) is 11.9 Å². The molecule has 1 aromatic heterocycles. The quantitative estimate of drug-likeness (QED) is 0.410. The summed E-state index contributed by atoms with van der Waals surface area (Å²) >= 11 is 12.1. The Kier molecular flexibility index (Phi) is 7.08. The highest BCUT2D eigenvalue weighted by atomic mass is 35.5. The minimum atomic E-state index is 0.699. The largest absolute Gasteiger partial charge is 0.369 e. The lowest BCUT2D eigenvalue weighted by molar-refractivity contribution is 0.684. The molecule has 3 nitrogen and oxygen atoms in total. The van der Waals surface area contributed by atoms with Crippen molar-refractivity contribution in [3.8, 4) is 22.4 Å². The summed E-state index contributed by atoms with van der Waals surface area (Å²) in [6, 6.07) is 17.5. The van der Waals surface area contributed by atoms with Crippen molar-refractivity contribution in [2.45, 2.75) is 32.6 Å². The fourth-order valence-electron chi connectivity index (χ4n) is 2.92. The van der Waals surface area contributed by atoms with Crippen molar-refractivity contribution >= 4 is 29.0 Å². The van der Waals surface area contributed by atoms with E-state index in [1.807, 2.05) is 48.5 Å². The van der Waals surface area contributed by atoms with Crippen LogP contribution in [0.2, 0.25) is 10.0 Å². The van der Waals surface area contributed by atoms with Gasteiger partial charge in [-0.1, -0.05) is 73.7 Å². The van der Waals surface area contributed by atoms with Crippen molar-refractivity contribution in [1.29, 1.82) is 0 Å². The zero-order valence-electron chi connectivity index (χ0n) is 15.4. The normalized spacial score (nSPS) is 10.8. The van der Waals surface area contributed by atoms with Crippen molar-refractivity contribution in [3.05, 3.63) is 64.6 Å². The summed E-state index contributed by atoms with van der Waals surface area (Å²) in [6.45, 7) is 3.11. The van der Waals surface area contributed by atoms with Crippen molar-refractivity contribution in [1.82, 2.24) is 10.2 Å². The predicted molar refractivity (Wildman–Crippen MR) is 116 cm³/mol. The molecule has 3 rings (SSSR count). The molecule has 0 radical (unpaired) electrons. The van der Waals surface area contributed by atoms with Crippen LogP contribution in [-0.2, 0) is 0 Å². The van der Waals surface area contributed by atoms with E-state index >= 15 is 0 Å². The number of nitrogens with one attached hydrogen (secondary N) is 1. The number of unbranched alkanes of at least 4 members (excludes halogenated alkanes) is 3. The van der Waals surface area contributed by atoms with Crippen LogP contribution in [0.15, 0.2) is 54.6 Å². The van der Waals surface area contributed by atoms with Gasteiger partial charge in [-0.15, -0.1) is 10.2 Å². The summed E-state index contributed by atoms with van der Waals surface area (Å²) in [5.74, 6) is 0.786. The topological polar surface area (TPSA) is 37.8 Å². The molecule has 0 aliphatic heterocycles. The minimum absolute atomic E-state index is 0.699. The van der Waals surface area contributed by atoms with Crippen LogP contribution >= 0.6 is 23.2 Å². The smallest absolute Gasteiger partial charge is 0.149 e. The number of aromatic nitrogens is 2. The Morgan fingerprint density at radius 1 is 0.778 bits per heavy atom. The van der Waals surface area contributed by atoms with E-state index in [0.29, 0.717) is 10.0 Å². The molecular formula is C22H23Cl2N3. The van der Waals surface area contributed by atoms with Gasteiger partial charge in [0.2, 0.25) is 0 Å². The molecule has 2 aromatic carbocycles. The van der Waals surface area contributed by atoms with Crippen LogP contribution in [0.4, 0.5) is 5.82 Å². The van der Waals surface area contributed by atoms with Gasteiger partial charge >= 0.3 is 0 Å². The average molecular weight is 400 g/mol.